The first-order valence-electron chi connectivity index (χ1n) is 9.32. The summed E-state index contributed by atoms with van der Waals surface area (Å²) in [6, 6.07) is 0. The molecule has 0 aliphatic rings. The van der Waals surface area contributed by atoms with Crippen LogP contribution in [0.25, 0.3) is 0 Å². The van der Waals surface area contributed by atoms with Crippen LogP contribution in [0.1, 0.15) is 110 Å². The zero-order valence-corrected chi connectivity index (χ0v) is 15.6. The molecule has 0 atom stereocenters. The maximum atomic E-state index is 4.01. The van der Waals surface area contributed by atoms with Gasteiger partial charge in [0.05, 0.1) is 0 Å². The van der Waals surface area contributed by atoms with E-state index in [4.69, 9.17) is 0 Å². The minimum atomic E-state index is 0. The SMILES string of the molecule is CCCCCCCCCCCCCCCCCC=NC.Cl. The molecule has 1 nitrogen and oxygen atoms in total. The highest BCUT2D eigenvalue weighted by Crippen LogP contribution is 2.13. The molecule has 0 rings (SSSR count). The van der Waals surface area contributed by atoms with Crippen LogP contribution in [-0.2, 0) is 0 Å². The van der Waals surface area contributed by atoms with Gasteiger partial charge in [-0.3, -0.25) is 0 Å². The van der Waals surface area contributed by atoms with Gasteiger partial charge in [-0.2, -0.15) is 0 Å². The fraction of sp³-hybridized carbons (Fsp3) is 0.947. The first-order chi connectivity index (χ1) is 9.91. The van der Waals surface area contributed by atoms with E-state index in [1.807, 2.05) is 13.3 Å². The molecule has 0 aromatic carbocycles. The Labute approximate surface area is 140 Å². The number of rotatable bonds is 16. The van der Waals surface area contributed by atoms with Gasteiger partial charge in [0.2, 0.25) is 0 Å². The molecule has 0 N–H and O–H groups in total. The average molecular weight is 318 g/mol. The molecular formula is C19H40ClN. The highest BCUT2D eigenvalue weighted by molar-refractivity contribution is 5.85. The molecule has 0 radical (unpaired) electrons. The van der Waals surface area contributed by atoms with E-state index in [2.05, 4.69) is 11.9 Å². The van der Waals surface area contributed by atoms with Crippen molar-refractivity contribution in [3.63, 3.8) is 0 Å². The Morgan fingerprint density at radius 3 is 1.24 bits per heavy atom. The summed E-state index contributed by atoms with van der Waals surface area (Å²) in [4.78, 5) is 4.01. The predicted octanol–water partition coefficient (Wildman–Crippen LogP) is 7.37. The van der Waals surface area contributed by atoms with Gasteiger partial charge in [0.25, 0.3) is 0 Å². The van der Waals surface area contributed by atoms with Crippen molar-refractivity contribution in [3.05, 3.63) is 0 Å². The van der Waals surface area contributed by atoms with Gasteiger partial charge in [0.15, 0.2) is 0 Å². The van der Waals surface area contributed by atoms with Gasteiger partial charge in [0.1, 0.15) is 0 Å². The van der Waals surface area contributed by atoms with Crippen LogP contribution in [0.4, 0.5) is 0 Å². The van der Waals surface area contributed by atoms with Crippen LogP contribution in [0.15, 0.2) is 4.99 Å². The lowest BCUT2D eigenvalue weighted by molar-refractivity contribution is 0.533. The van der Waals surface area contributed by atoms with E-state index in [1.165, 1.54) is 103 Å². The Balaban J connectivity index is 0. The zero-order chi connectivity index (χ0) is 14.7. The average Bonchev–Trinajstić information content (AvgIpc) is 2.47. The Kier molecular flexibility index (Phi) is 24.6. The van der Waals surface area contributed by atoms with Crippen molar-refractivity contribution >= 4 is 18.6 Å². The summed E-state index contributed by atoms with van der Waals surface area (Å²) in [6.45, 7) is 2.29. The molecule has 0 aliphatic carbocycles. The van der Waals surface area contributed by atoms with E-state index in [9.17, 15) is 0 Å². The normalized spacial score (nSPS) is 11.0. The van der Waals surface area contributed by atoms with Gasteiger partial charge in [-0.05, 0) is 19.1 Å². The first kappa shape index (κ1) is 23.2. The van der Waals surface area contributed by atoms with E-state index in [0.717, 1.165) is 0 Å². The van der Waals surface area contributed by atoms with Crippen LogP contribution < -0.4 is 0 Å². The van der Waals surface area contributed by atoms with Gasteiger partial charge in [-0.15, -0.1) is 12.4 Å². The fourth-order valence-electron chi connectivity index (χ4n) is 2.74. The van der Waals surface area contributed by atoms with Gasteiger partial charge in [0, 0.05) is 7.05 Å². The predicted molar refractivity (Wildman–Crippen MR) is 101 cm³/mol. The van der Waals surface area contributed by atoms with Gasteiger partial charge < -0.3 is 4.99 Å². The number of hydrogen-bond donors (Lipinski definition) is 0. The molecule has 0 saturated heterocycles. The van der Waals surface area contributed by atoms with Crippen molar-refractivity contribution in [2.45, 2.75) is 110 Å². The number of aliphatic imine (C=N–C) groups is 1. The van der Waals surface area contributed by atoms with Gasteiger partial charge in [-0.25, -0.2) is 0 Å². The highest BCUT2D eigenvalue weighted by atomic mass is 35.5. The van der Waals surface area contributed by atoms with E-state index in [1.54, 1.807) is 0 Å². The molecule has 0 spiro atoms. The van der Waals surface area contributed by atoms with E-state index >= 15 is 0 Å². The van der Waals surface area contributed by atoms with E-state index < -0.39 is 0 Å². The van der Waals surface area contributed by atoms with Gasteiger partial charge in [-0.1, -0.05) is 96.8 Å². The maximum absolute atomic E-state index is 4.01. The molecule has 0 aromatic rings. The molecule has 0 aromatic heterocycles. The molecule has 21 heavy (non-hydrogen) atoms. The van der Waals surface area contributed by atoms with E-state index in [-0.39, 0.29) is 12.4 Å². The topological polar surface area (TPSA) is 12.4 Å². The van der Waals surface area contributed by atoms with Crippen molar-refractivity contribution in [1.82, 2.24) is 0 Å². The zero-order valence-electron chi connectivity index (χ0n) is 14.7. The second kappa shape index (κ2) is 22.2. The molecular weight excluding hydrogens is 278 g/mol. The van der Waals surface area contributed by atoms with Crippen molar-refractivity contribution < 1.29 is 0 Å². The number of unbranched alkanes of at least 4 members (excludes halogenated alkanes) is 15. The molecule has 128 valence electrons. The largest absolute Gasteiger partial charge is 0.301 e. The maximum Gasteiger partial charge on any atom is 0.0273 e. The summed E-state index contributed by atoms with van der Waals surface area (Å²) < 4.78 is 0. The molecule has 0 heterocycles. The summed E-state index contributed by atoms with van der Waals surface area (Å²) in [7, 11) is 1.87. The van der Waals surface area contributed by atoms with Crippen LogP contribution in [0, 0.1) is 0 Å². The Morgan fingerprint density at radius 2 is 0.905 bits per heavy atom. The molecule has 0 bridgehead atoms. The smallest absolute Gasteiger partial charge is 0.0273 e. The summed E-state index contributed by atoms with van der Waals surface area (Å²) in [5.74, 6) is 0. The number of nitrogens with zero attached hydrogens (tertiary/aromatic N) is 1. The van der Waals surface area contributed by atoms with Crippen LogP contribution in [0.3, 0.4) is 0 Å². The van der Waals surface area contributed by atoms with Crippen molar-refractivity contribution in [1.29, 1.82) is 0 Å². The molecule has 0 saturated carbocycles. The van der Waals surface area contributed by atoms with Crippen molar-refractivity contribution in [3.8, 4) is 0 Å². The minimum Gasteiger partial charge on any atom is -0.301 e. The van der Waals surface area contributed by atoms with E-state index in [0.29, 0.717) is 0 Å². The Hall–Kier alpha value is -0.0400. The lowest BCUT2D eigenvalue weighted by Gasteiger charge is -2.03. The highest BCUT2D eigenvalue weighted by Gasteiger charge is 1.93. The molecule has 0 fully saturated rings. The standard InChI is InChI=1S/C19H39N.ClH/c1-3-4-5-6-7-8-9-10-11-12-13-14-15-16-17-18-19-20-2;/h19H,3-18H2,1-2H3;1H. The first-order valence-corrected chi connectivity index (χ1v) is 9.32. The van der Waals surface area contributed by atoms with Crippen LogP contribution in [-0.4, -0.2) is 13.3 Å². The monoisotopic (exact) mass is 317 g/mol. The number of hydrogen-bond acceptors (Lipinski definition) is 1. The van der Waals surface area contributed by atoms with Crippen LogP contribution in [0.2, 0.25) is 0 Å². The fourth-order valence-corrected chi connectivity index (χ4v) is 2.74. The summed E-state index contributed by atoms with van der Waals surface area (Å²) >= 11 is 0. The second-order valence-electron chi connectivity index (χ2n) is 6.18. The van der Waals surface area contributed by atoms with Gasteiger partial charge >= 0.3 is 0 Å². The third kappa shape index (κ3) is 22.4. The molecule has 2 heteroatoms. The lowest BCUT2D eigenvalue weighted by Crippen LogP contribution is -1.83. The van der Waals surface area contributed by atoms with Crippen LogP contribution in [0.5, 0.6) is 0 Å². The minimum absolute atomic E-state index is 0. The Bertz CT molecular complexity index is 192. The van der Waals surface area contributed by atoms with Crippen LogP contribution >= 0.6 is 12.4 Å². The lowest BCUT2D eigenvalue weighted by atomic mass is 10.0. The summed E-state index contributed by atoms with van der Waals surface area (Å²) in [5.41, 5.74) is 0. The Morgan fingerprint density at radius 1 is 0.571 bits per heavy atom. The third-order valence-electron chi connectivity index (χ3n) is 4.12. The summed E-state index contributed by atoms with van der Waals surface area (Å²) in [6.07, 6.45) is 24.8. The molecule has 0 aliphatic heterocycles. The second-order valence-corrected chi connectivity index (χ2v) is 6.18. The third-order valence-corrected chi connectivity index (χ3v) is 4.12. The molecule has 0 amide bonds. The molecule has 0 unspecified atom stereocenters. The number of halogens is 1. The van der Waals surface area contributed by atoms with Crippen molar-refractivity contribution in [2.24, 2.45) is 4.99 Å². The summed E-state index contributed by atoms with van der Waals surface area (Å²) in [5, 5.41) is 0. The van der Waals surface area contributed by atoms with Crippen molar-refractivity contribution in [2.75, 3.05) is 7.05 Å². The quantitative estimate of drug-likeness (QED) is 0.208.